The number of amides is 1. The maximum atomic E-state index is 11.1. The Kier molecular flexibility index (Phi) is 3.87. The minimum Gasteiger partial charge on any atom is -0.384 e. The number of carbonyl (C=O) groups excluding carboxylic acids is 1. The number of para-hydroxylation sites is 1. The molecule has 1 aromatic carbocycles. The van der Waals surface area contributed by atoms with E-state index in [2.05, 4.69) is 42.3 Å². The lowest BCUT2D eigenvalue weighted by Crippen LogP contribution is -2.38. The van der Waals surface area contributed by atoms with Crippen molar-refractivity contribution in [1.29, 1.82) is 0 Å². The first-order valence-electron chi connectivity index (χ1n) is 6.45. The Morgan fingerprint density at radius 3 is 2.94 bits per heavy atom. The molecule has 4 nitrogen and oxygen atoms in total. The van der Waals surface area contributed by atoms with E-state index < -0.39 is 0 Å². The molecule has 2 rings (SSSR count). The number of hydrogen-bond acceptors (Lipinski definition) is 3. The van der Waals surface area contributed by atoms with Gasteiger partial charge < -0.3 is 11.1 Å². The molecule has 1 aliphatic rings. The number of benzene rings is 1. The third-order valence-electron chi connectivity index (χ3n) is 3.40. The van der Waals surface area contributed by atoms with Gasteiger partial charge in [-0.1, -0.05) is 18.2 Å². The summed E-state index contributed by atoms with van der Waals surface area (Å²) in [5, 5.41) is 3.42. The third-order valence-corrected chi connectivity index (χ3v) is 3.40. The van der Waals surface area contributed by atoms with Crippen LogP contribution in [0, 0.1) is 0 Å². The molecule has 0 fully saturated rings. The largest absolute Gasteiger partial charge is 0.384 e. The van der Waals surface area contributed by atoms with Crippen LogP contribution in [0.1, 0.15) is 25.0 Å². The highest BCUT2D eigenvalue weighted by atomic mass is 16.1. The molecule has 1 aliphatic heterocycles. The van der Waals surface area contributed by atoms with Gasteiger partial charge in [-0.2, -0.15) is 0 Å². The Morgan fingerprint density at radius 2 is 2.28 bits per heavy atom. The molecule has 4 heteroatoms. The first-order chi connectivity index (χ1) is 8.58. The molecule has 3 N–H and O–H groups in total. The van der Waals surface area contributed by atoms with E-state index in [0.29, 0.717) is 12.6 Å². The van der Waals surface area contributed by atoms with Gasteiger partial charge >= 0.3 is 0 Å². The molecular formula is C14H21N3O. The summed E-state index contributed by atoms with van der Waals surface area (Å²) in [5.74, 6) is -0.274. The highest BCUT2D eigenvalue weighted by Gasteiger charge is 2.18. The van der Waals surface area contributed by atoms with Crippen LogP contribution >= 0.6 is 0 Å². The number of nitrogens with two attached hydrogens (primary N) is 1. The van der Waals surface area contributed by atoms with Gasteiger partial charge in [0, 0.05) is 24.8 Å². The number of nitrogens with zero attached hydrogens (tertiary/aromatic N) is 1. The Labute approximate surface area is 108 Å². The molecular weight excluding hydrogens is 226 g/mol. The highest BCUT2D eigenvalue weighted by Crippen LogP contribution is 2.27. The molecule has 0 unspecified atom stereocenters. The van der Waals surface area contributed by atoms with Gasteiger partial charge in [-0.25, -0.2) is 0 Å². The van der Waals surface area contributed by atoms with Crippen molar-refractivity contribution in [2.45, 2.75) is 32.9 Å². The zero-order valence-corrected chi connectivity index (χ0v) is 11.1. The van der Waals surface area contributed by atoms with Crippen molar-refractivity contribution >= 4 is 11.6 Å². The van der Waals surface area contributed by atoms with Crippen molar-refractivity contribution in [3.8, 4) is 0 Å². The molecule has 0 saturated carbocycles. The first-order valence-corrected chi connectivity index (χ1v) is 6.45. The fourth-order valence-corrected chi connectivity index (χ4v) is 2.38. The van der Waals surface area contributed by atoms with Gasteiger partial charge in [-0.3, -0.25) is 9.69 Å². The average molecular weight is 247 g/mol. The zero-order chi connectivity index (χ0) is 13.1. The summed E-state index contributed by atoms with van der Waals surface area (Å²) in [6.45, 7) is 6.24. The Balaban J connectivity index is 2.16. The maximum absolute atomic E-state index is 11.1. The summed E-state index contributed by atoms with van der Waals surface area (Å²) in [4.78, 5) is 13.2. The van der Waals surface area contributed by atoms with E-state index in [0.717, 1.165) is 19.5 Å². The third kappa shape index (κ3) is 2.82. The average Bonchev–Trinajstić information content (AvgIpc) is 2.76. The molecule has 0 spiro atoms. The van der Waals surface area contributed by atoms with Crippen molar-refractivity contribution in [3.05, 3.63) is 29.3 Å². The summed E-state index contributed by atoms with van der Waals surface area (Å²) in [7, 11) is 0. The lowest BCUT2D eigenvalue weighted by Gasteiger charge is -2.26. The van der Waals surface area contributed by atoms with Gasteiger partial charge in [0.2, 0.25) is 5.91 Å². The summed E-state index contributed by atoms with van der Waals surface area (Å²) in [5.41, 5.74) is 9.17. The fraction of sp³-hybridized carbons (Fsp3) is 0.500. The van der Waals surface area contributed by atoms with Gasteiger partial charge in [0.25, 0.3) is 0 Å². The Morgan fingerprint density at radius 1 is 1.50 bits per heavy atom. The molecule has 0 aliphatic carbocycles. The number of nitrogens with one attached hydrogen (secondary N) is 1. The van der Waals surface area contributed by atoms with E-state index in [9.17, 15) is 4.79 Å². The molecule has 0 radical (unpaired) electrons. The number of primary amides is 1. The molecule has 0 bridgehead atoms. The van der Waals surface area contributed by atoms with Crippen LogP contribution in [0.2, 0.25) is 0 Å². The second-order valence-electron chi connectivity index (χ2n) is 5.09. The van der Waals surface area contributed by atoms with Crippen molar-refractivity contribution in [2.24, 2.45) is 5.73 Å². The van der Waals surface area contributed by atoms with Gasteiger partial charge in [-0.05, 0) is 31.4 Å². The van der Waals surface area contributed by atoms with E-state index in [4.69, 9.17) is 5.73 Å². The van der Waals surface area contributed by atoms with Crippen LogP contribution < -0.4 is 11.1 Å². The molecule has 0 aromatic heterocycles. The molecule has 0 atom stereocenters. The van der Waals surface area contributed by atoms with Gasteiger partial charge in [0.15, 0.2) is 0 Å². The van der Waals surface area contributed by atoms with Crippen LogP contribution in [-0.4, -0.2) is 29.9 Å². The van der Waals surface area contributed by atoms with Crippen LogP contribution in [0.5, 0.6) is 0 Å². The number of carbonyl (C=O) groups is 1. The van der Waals surface area contributed by atoms with E-state index in [1.165, 1.54) is 16.8 Å². The van der Waals surface area contributed by atoms with Crippen molar-refractivity contribution in [2.75, 3.05) is 18.4 Å². The second-order valence-corrected chi connectivity index (χ2v) is 5.09. The first kappa shape index (κ1) is 12.9. The predicted octanol–water partition coefficient (Wildman–Crippen LogP) is 1.35. The number of hydrogen-bond donors (Lipinski definition) is 2. The number of rotatable bonds is 5. The molecule has 18 heavy (non-hydrogen) atoms. The van der Waals surface area contributed by atoms with Crippen LogP contribution in [0.4, 0.5) is 5.69 Å². The van der Waals surface area contributed by atoms with Crippen LogP contribution in [0.3, 0.4) is 0 Å². The second kappa shape index (κ2) is 5.40. The van der Waals surface area contributed by atoms with E-state index in [1.54, 1.807) is 0 Å². The summed E-state index contributed by atoms with van der Waals surface area (Å²) < 4.78 is 0. The Hall–Kier alpha value is -1.55. The molecule has 1 heterocycles. The topological polar surface area (TPSA) is 58.4 Å². The Bertz CT molecular complexity index is 443. The van der Waals surface area contributed by atoms with E-state index in [1.807, 2.05) is 0 Å². The van der Waals surface area contributed by atoms with Crippen molar-refractivity contribution in [1.82, 2.24) is 4.90 Å². The molecule has 0 saturated heterocycles. The SMILES string of the molecule is CC(C)N(CC(N)=O)Cc1cccc2c1NCC2. The predicted molar refractivity (Wildman–Crippen MR) is 73.4 cm³/mol. The monoisotopic (exact) mass is 247 g/mol. The van der Waals surface area contributed by atoms with Gasteiger partial charge in [0.1, 0.15) is 0 Å². The highest BCUT2D eigenvalue weighted by molar-refractivity contribution is 5.76. The fourth-order valence-electron chi connectivity index (χ4n) is 2.38. The smallest absolute Gasteiger partial charge is 0.231 e. The van der Waals surface area contributed by atoms with E-state index in [-0.39, 0.29) is 5.91 Å². The quantitative estimate of drug-likeness (QED) is 0.825. The minimum atomic E-state index is -0.274. The van der Waals surface area contributed by atoms with E-state index >= 15 is 0 Å². The summed E-state index contributed by atoms with van der Waals surface area (Å²) >= 11 is 0. The standard InChI is InChI=1S/C14H21N3O/c1-10(2)17(9-13(15)18)8-12-5-3-4-11-6-7-16-14(11)12/h3-5,10,16H,6-9H2,1-2H3,(H2,15,18). The normalized spacial score (nSPS) is 13.8. The number of fused-ring (bicyclic) bond motifs is 1. The summed E-state index contributed by atoms with van der Waals surface area (Å²) in [6.07, 6.45) is 1.08. The maximum Gasteiger partial charge on any atom is 0.231 e. The van der Waals surface area contributed by atoms with Crippen molar-refractivity contribution < 1.29 is 4.79 Å². The van der Waals surface area contributed by atoms with Crippen LogP contribution in [-0.2, 0) is 17.8 Å². The molecule has 1 amide bonds. The number of anilines is 1. The van der Waals surface area contributed by atoms with Crippen LogP contribution in [0.15, 0.2) is 18.2 Å². The zero-order valence-electron chi connectivity index (χ0n) is 11.1. The lowest BCUT2D eigenvalue weighted by molar-refractivity contribution is -0.119. The van der Waals surface area contributed by atoms with Crippen molar-refractivity contribution in [3.63, 3.8) is 0 Å². The summed E-state index contributed by atoms with van der Waals surface area (Å²) in [6, 6.07) is 6.67. The lowest BCUT2D eigenvalue weighted by atomic mass is 10.1. The van der Waals surface area contributed by atoms with Gasteiger partial charge in [0.05, 0.1) is 6.54 Å². The molecule has 1 aromatic rings. The molecule has 98 valence electrons. The minimum absolute atomic E-state index is 0.274. The van der Waals surface area contributed by atoms with Crippen LogP contribution in [0.25, 0.3) is 0 Å². The van der Waals surface area contributed by atoms with Gasteiger partial charge in [-0.15, -0.1) is 0 Å².